The summed E-state index contributed by atoms with van der Waals surface area (Å²) in [4.78, 5) is 5.87. The van der Waals surface area contributed by atoms with Gasteiger partial charge in [0.15, 0.2) is 0 Å². The third-order valence-corrected chi connectivity index (χ3v) is 3.54. The number of pyridine rings is 1. The second-order valence-electron chi connectivity index (χ2n) is 3.35. The van der Waals surface area contributed by atoms with Crippen molar-refractivity contribution in [3.63, 3.8) is 0 Å². The Hall–Kier alpha value is 0.0400. The van der Waals surface area contributed by atoms with Crippen LogP contribution in [0.3, 0.4) is 0 Å². The van der Waals surface area contributed by atoms with E-state index in [1.807, 2.05) is 12.1 Å². The minimum atomic E-state index is 0. The zero-order chi connectivity index (χ0) is 11.1. The molecule has 0 bridgehead atoms. The fourth-order valence-electron chi connectivity index (χ4n) is 1.37. The van der Waals surface area contributed by atoms with Crippen molar-refractivity contribution in [2.75, 3.05) is 25.4 Å². The normalized spacial score (nSPS) is 10.2. The molecular formula is C11H18Cl2N2S. The fraction of sp³-hybridized carbons (Fsp3) is 0.545. The van der Waals surface area contributed by atoms with Crippen molar-refractivity contribution in [1.29, 1.82) is 0 Å². The Morgan fingerprint density at radius 2 is 2.00 bits per heavy atom. The fourth-order valence-corrected chi connectivity index (χ4v) is 2.52. The molecule has 1 heterocycles. The van der Waals surface area contributed by atoms with Crippen LogP contribution >= 0.6 is 23.4 Å². The SMILES string of the molecule is CC[NH+](CC)CCSc1cccc(Cl)n1.[Cl-]. The quantitative estimate of drug-likeness (QED) is 0.519. The predicted octanol–water partition coefficient (Wildman–Crippen LogP) is -1.24. The molecule has 16 heavy (non-hydrogen) atoms. The number of hydrogen-bond acceptors (Lipinski definition) is 2. The topological polar surface area (TPSA) is 17.3 Å². The monoisotopic (exact) mass is 280 g/mol. The Labute approximate surface area is 113 Å². The van der Waals surface area contributed by atoms with Crippen molar-refractivity contribution >= 4 is 23.4 Å². The first-order valence-corrected chi connectivity index (χ1v) is 6.71. The van der Waals surface area contributed by atoms with Gasteiger partial charge in [-0.15, -0.1) is 11.8 Å². The van der Waals surface area contributed by atoms with Gasteiger partial charge in [0.2, 0.25) is 0 Å². The summed E-state index contributed by atoms with van der Waals surface area (Å²) in [6.07, 6.45) is 0. The highest BCUT2D eigenvalue weighted by molar-refractivity contribution is 7.99. The van der Waals surface area contributed by atoms with Gasteiger partial charge in [0.05, 0.1) is 24.7 Å². The van der Waals surface area contributed by atoms with E-state index < -0.39 is 0 Å². The summed E-state index contributed by atoms with van der Waals surface area (Å²) in [5.74, 6) is 1.10. The lowest BCUT2D eigenvalue weighted by atomic mass is 10.5. The summed E-state index contributed by atoms with van der Waals surface area (Å²) in [5.41, 5.74) is 0. The lowest BCUT2D eigenvalue weighted by Crippen LogP contribution is -3.11. The van der Waals surface area contributed by atoms with E-state index in [-0.39, 0.29) is 12.4 Å². The minimum Gasteiger partial charge on any atom is -1.00 e. The molecule has 5 heteroatoms. The maximum absolute atomic E-state index is 5.81. The van der Waals surface area contributed by atoms with E-state index in [0.29, 0.717) is 5.15 Å². The summed E-state index contributed by atoms with van der Waals surface area (Å²) in [6.45, 7) is 8.02. The molecule has 0 radical (unpaired) electrons. The van der Waals surface area contributed by atoms with Crippen LogP contribution in [0.4, 0.5) is 0 Å². The largest absolute Gasteiger partial charge is 1.00 e. The second kappa shape index (κ2) is 9.11. The molecule has 1 aromatic heterocycles. The third kappa shape index (κ3) is 5.94. The third-order valence-electron chi connectivity index (χ3n) is 2.40. The standard InChI is InChI=1S/C11H17ClN2S.ClH/c1-3-14(4-2)8-9-15-11-7-5-6-10(12)13-11;/h5-7H,3-4,8-9H2,1-2H3;1H. The summed E-state index contributed by atoms with van der Waals surface area (Å²) in [5, 5.41) is 1.60. The van der Waals surface area contributed by atoms with Crippen LogP contribution < -0.4 is 17.3 Å². The maximum atomic E-state index is 5.81. The van der Waals surface area contributed by atoms with Crippen LogP contribution in [0.25, 0.3) is 0 Å². The molecule has 0 aliphatic heterocycles. The van der Waals surface area contributed by atoms with Crippen molar-refractivity contribution in [1.82, 2.24) is 4.98 Å². The molecule has 1 rings (SSSR count). The van der Waals surface area contributed by atoms with Crippen LogP contribution in [0.5, 0.6) is 0 Å². The Kier molecular flexibility index (Phi) is 9.13. The molecule has 0 spiro atoms. The molecule has 0 fully saturated rings. The minimum absolute atomic E-state index is 0. The van der Waals surface area contributed by atoms with Gasteiger partial charge in [-0.05, 0) is 26.0 Å². The first-order chi connectivity index (χ1) is 7.26. The van der Waals surface area contributed by atoms with Gasteiger partial charge in [-0.1, -0.05) is 17.7 Å². The smallest absolute Gasteiger partial charge is 0.130 e. The number of nitrogens with zero attached hydrogens (tertiary/aromatic N) is 1. The maximum Gasteiger partial charge on any atom is 0.130 e. The molecule has 0 saturated heterocycles. The van der Waals surface area contributed by atoms with E-state index in [1.54, 1.807) is 22.7 Å². The molecule has 0 amide bonds. The highest BCUT2D eigenvalue weighted by Crippen LogP contribution is 2.16. The van der Waals surface area contributed by atoms with E-state index in [0.717, 1.165) is 10.8 Å². The number of halogens is 2. The Bertz CT molecular complexity index is 293. The predicted molar refractivity (Wildman–Crippen MR) is 66.9 cm³/mol. The van der Waals surface area contributed by atoms with E-state index in [1.165, 1.54) is 19.6 Å². The summed E-state index contributed by atoms with van der Waals surface area (Å²) in [6, 6.07) is 5.76. The van der Waals surface area contributed by atoms with E-state index in [4.69, 9.17) is 11.6 Å². The highest BCUT2D eigenvalue weighted by atomic mass is 35.5. The molecule has 1 N–H and O–H groups in total. The van der Waals surface area contributed by atoms with Gasteiger partial charge in [-0.2, -0.15) is 0 Å². The zero-order valence-electron chi connectivity index (χ0n) is 9.67. The van der Waals surface area contributed by atoms with Crippen LogP contribution in [-0.2, 0) is 0 Å². The molecule has 0 aliphatic carbocycles. The van der Waals surface area contributed by atoms with Gasteiger partial charge < -0.3 is 17.3 Å². The lowest BCUT2D eigenvalue weighted by molar-refractivity contribution is -0.893. The van der Waals surface area contributed by atoms with Gasteiger partial charge in [-0.25, -0.2) is 4.98 Å². The van der Waals surface area contributed by atoms with Crippen LogP contribution in [-0.4, -0.2) is 30.4 Å². The number of quaternary nitrogens is 1. The van der Waals surface area contributed by atoms with E-state index in [2.05, 4.69) is 18.8 Å². The van der Waals surface area contributed by atoms with Gasteiger partial charge in [0.1, 0.15) is 5.15 Å². The van der Waals surface area contributed by atoms with Crippen molar-refractivity contribution in [3.8, 4) is 0 Å². The number of nitrogens with one attached hydrogen (secondary N) is 1. The number of thioether (sulfide) groups is 1. The average molecular weight is 281 g/mol. The van der Waals surface area contributed by atoms with Crippen LogP contribution in [0, 0.1) is 0 Å². The summed E-state index contributed by atoms with van der Waals surface area (Å²) < 4.78 is 0. The van der Waals surface area contributed by atoms with Crippen LogP contribution in [0.1, 0.15) is 13.8 Å². The molecule has 0 aliphatic rings. The summed E-state index contributed by atoms with van der Waals surface area (Å²) in [7, 11) is 0. The molecular weight excluding hydrogens is 263 g/mol. The van der Waals surface area contributed by atoms with Crippen molar-refractivity contribution in [3.05, 3.63) is 23.4 Å². The highest BCUT2D eigenvalue weighted by Gasteiger charge is 2.03. The van der Waals surface area contributed by atoms with Crippen molar-refractivity contribution in [2.24, 2.45) is 0 Å². The van der Waals surface area contributed by atoms with Crippen molar-refractivity contribution in [2.45, 2.75) is 18.9 Å². The Balaban J connectivity index is 0.00000225. The first-order valence-electron chi connectivity index (χ1n) is 5.35. The molecule has 92 valence electrons. The van der Waals surface area contributed by atoms with Crippen LogP contribution in [0.15, 0.2) is 23.2 Å². The second-order valence-corrected chi connectivity index (χ2v) is 4.86. The van der Waals surface area contributed by atoms with Gasteiger partial charge in [0.25, 0.3) is 0 Å². The van der Waals surface area contributed by atoms with Crippen molar-refractivity contribution < 1.29 is 17.3 Å². The average Bonchev–Trinajstić information content (AvgIpc) is 2.25. The Morgan fingerprint density at radius 1 is 1.31 bits per heavy atom. The Morgan fingerprint density at radius 3 is 2.56 bits per heavy atom. The van der Waals surface area contributed by atoms with Gasteiger partial charge >= 0.3 is 0 Å². The molecule has 0 atom stereocenters. The zero-order valence-corrected chi connectivity index (χ0v) is 12.0. The molecule has 1 aromatic rings. The first kappa shape index (κ1) is 16.0. The number of hydrogen-bond donors (Lipinski definition) is 1. The lowest BCUT2D eigenvalue weighted by Gasteiger charge is -2.14. The number of rotatable bonds is 6. The molecule has 0 unspecified atom stereocenters. The molecule has 2 nitrogen and oxygen atoms in total. The summed E-state index contributed by atoms with van der Waals surface area (Å²) >= 11 is 7.59. The van der Waals surface area contributed by atoms with Crippen LogP contribution in [0.2, 0.25) is 5.15 Å². The van der Waals surface area contributed by atoms with E-state index >= 15 is 0 Å². The number of aromatic nitrogens is 1. The molecule has 0 aromatic carbocycles. The van der Waals surface area contributed by atoms with Gasteiger partial charge in [-0.3, -0.25) is 0 Å². The molecule has 0 saturated carbocycles. The van der Waals surface area contributed by atoms with Gasteiger partial charge in [0, 0.05) is 5.75 Å². The van der Waals surface area contributed by atoms with E-state index in [9.17, 15) is 0 Å².